The van der Waals surface area contributed by atoms with Crippen molar-refractivity contribution in [1.29, 1.82) is 21.0 Å². The molecular formula is C89H76B2BrF6K3N7O11P. The standard InChI is InChI=1S/C42H30N4O2.C14H6F5N.C14H13NO.C12H24B2O4.C7H3BrFN.3K.HO4P/c1-25-5-11-37-31(17-25)35-21-29(47-3)9-15-41(35)45(37)39-13-7-27(23-43)19-33(39)34-20-28(24-44)8-14-40(34)46-38-12-6-26(2)18-32(38)36-22-30(48-4)10-16-42(36)46;15-12-3-1-8(7-20)5-10(12)11-6-9(14(17,18)19)2-4-13(11)16;1-9-3-5-13-11(7-9)12-8-10(16-2)4-6-14(12)15-13;1-9(2)10(3,4)16-13(15-9)14-17-11(5,6)12(7,8)18-14;8-6-3-5(4-10)1-2-7(6)9;;;;1-4-5(2)3/h5-22H,1-4H3;1-6H;3-8,15H,1-2H3;1-8H3;1-3H;;;;1H/q;;;;;;;+1;/p-1. The van der Waals surface area contributed by atoms with Gasteiger partial charge < -0.3 is 57.1 Å². The van der Waals surface area contributed by atoms with E-state index in [9.17, 15) is 36.9 Å². The molecule has 596 valence electrons. The van der Waals surface area contributed by atoms with Crippen LogP contribution in [0.15, 0.2) is 205 Å². The zero-order chi connectivity index (χ0) is 87.0. The van der Waals surface area contributed by atoms with Gasteiger partial charge in [-0.2, -0.15) is 34.2 Å². The maximum absolute atomic E-state index is 13.6. The van der Waals surface area contributed by atoms with Gasteiger partial charge in [0, 0.05) is 65.6 Å². The van der Waals surface area contributed by atoms with Crippen LogP contribution in [0.25, 0.3) is 99.0 Å². The molecule has 1 N–H and O–H groups in total. The number of fused-ring (bicyclic) bond motifs is 9. The van der Waals surface area contributed by atoms with Gasteiger partial charge in [-0.15, -0.1) is 0 Å². The van der Waals surface area contributed by atoms with Crippen LogP contribution in [0.2, 0.25) is 0 Å². The molecule has 1 unspecified atom stereocenters. The number of H-pyrrole nitrogens is 1. The fraction of sp³-hybridized carbons (Fsp3) is 0.213. The molecule has 1 atom stereocenters. The minimum absolute atomic E-state index is 0. The molecule has 5 heterocycles. The van der Waals surface area contributed by atoms with E-state index in [2.05, 4.69) is 159 Å². The normalized spacial score (nSPS) is 13.9. The van der Waals surface area contributed by atoms with Crippen molar-refractivity contribution in [2.75, 3.05) is 21.3 Å². The van der Waals surface area contributed by atoms with E-state index in [0.29, 0.717) is 39.4 Å². The van der Waals surface area contributed by atoms with Crippen LogP contribution >= 0.6 is 24.2 Å². The average molecular weight is 1780 g/mol. The van der Waals surface area contributed by atoms with E-state index in [1.807, 2.05) is 116 Å². The Morgan fingerprint density at radius 2 is 0.742 bits per heavy atom. The number of nitrogens with zero attached hydrogens (tertiary/aromatic N) is 6. The van der Waals surface area contributed by atoms with E-state index in [1.165, 1.54) is 103 Å². The van der Waals surface area contributed by atoms with Crippen LogP contribution in [0.3, 0.4) is 0 Å². The van der Waals surface area contributed by atoms with Gasteiger partial charge in [-0.25, -0.2) is 17.8 Å². The van der Waals surface area contributed by atoms with Gasteiger partial charge in [-0.05, 0) is 279 Å². The molecule has 14 aromatic rings. The van der Waals surface area contributed by atoms with Gasteiger partial charge in [0.05, 0.1) is 134 Å². The van der Waals surface area contributed by atoms with Crippen molar-refractivity contribution in [3.8, 4) is 75.2 Å². The van der Waals surface area contributed by atoms with Gasteiger partial charge >= 0.3 is 143 Å². The number of alkyl halides is 3. The van der Waals surface area contributed by atoms with Crippen molar-refractivity contribution in [3.63, 3.8) is 0 Å². The van der Waals surface area contributed by atoms with Gasteiger partial charge in [0.2, 0.25) is 0 Å². The maximum atomic E-state index is 13.6. The first-order valence-corrected chi connectivity index (χ1v) is 55.2. The van der Waals surface area contributed by atoms with E-state index in [-0.39, 0.29) is 90.7 Å². The molecular weight excluding hydrogens is 1710 g/mol. The van der Waals surface area contributed by atoms with Gasteiger partial charge in [0.25, 0.3) is 0 Å². The Morgan fingerprint density at radius 3 is 1.12 bits per heavy atom. The molecule has 18 nitrogen and oxygen atoms in total. The van der Waals surface area contributed by atoms with E-state index in [4.69, 9.17) is 58.1 Å². The second-order valence-corrected chi connectivity index (χ2v) is 31.0. The molecule has 31 heteroatoms. The second-order valence-electron chi connectivity index (χ2n) is 29.5. The first-order valence-electron chi connectivity index (χ1n) is 37.3. The number of nitrogens with one attached hydrogen (secondary N) is 1. The van der Waals surface area contributed by atoms with Gasteiger partial charge in [0.1, 0.15) is 34.7 Å². The number of aromatic amines is 1. The van der Waals surface area contributed by atoms with Crippen molar-refractivity contribution in [1.82, 2.24) is 14.1 Å². The number of benzene rings is 11. The number of nitriles is 4. The van der Waals surface area contributed by atoms with Crippen LogP contribution in [0, 0.1) is 83.5 Å². The number of hydrogen-bond acceptors (Lipinski definition) is 15. The molecule has 16 rings (SSSR count). The van der Waals surface area contributed by atoms with E-state index in [1.54, 1.807) is 27.4 Å². The number of aryl methyl sites for hydroxylation is 3. The molecule has 0 spiro atoms. The number of methoxy groups -OCH3 is 3. The molecule has 2 aliphatic heterocycles. The van der Waals surface area contributed by atoms with E-state index < -0.39 is 51.2 Å². The van der Waals surface area contributed by atoms with Crippen molar-refractivity contribution in [2.45, 2.75) is 105 Å². The van der Waals surface area contributed by atoms with Crippen LogP contribution in [0.4, 0.5) is 26.3 Å². The third-order valence-electron chi connectivity index (χ3n) is 20.8. The molecule has 11 aromatic carbocycles. The van der Waals surface area contributed by atoms with Crippen LogP contribution < -0.4 is 75.7 Å². The van der Waals surface area contributed by atoms with Crippen molar-refractivity contribution in [3.05, 3.63) is 267 Å². The van der Waals surface area contributed by atoms with Crippen molar-refractivity contribution >= 4 is 167 Å². The number of hydrogen-bond donors (Lipinski definition) is 1. The molecule has 0 bridgehead atoms. The Morgan fingerprint density at radius 1 is 0.442 bits per heavy atom. The summed E-state index contributed by atoms with van der Waals surface area (Å²) in [5.41, 5.74) is 11.6. The second kappa shape index (κ2) is 41.3. The van der Waals surface area contributed by atoms with E-state index in [0.717, 1.165) is 118 Å². The summed E-state index contributed by atoms with van der Waals surface area (Å²) in [5.74, 6) is 0.221. The molecule has 0 radical (unpaired) electrons. The summed E-state index contributed by atoms with van der Waals surface area (Å²) in [4.78, 5) is 12.3. The summed E-state index contributed by atoms with van der Waals surface area (Å²) in [7, 11) is 0.951. The third kappa shape index (κ3) is 21.9. The molecule has 2 fully saturated rings. The molecule has 0 saturated carbocycles. The Labute approximate surface area is 788 Å². The average Bonchev–Trinajstić information content (AvgIpc) is 1.56. The Hall–Kier alpha value is -6.90. The summed E-state index contributed by atoms with van der Waals surface area (Å²) in [6.07, 6.45) is -4.66. The van der Waals surface area contributed by atoms with Crippen LogP contribution in [0.1, 0.15) is 99.9 Å². The summed E-state index contributed by atoms with van der Waals surface area (Å²) in [6, 6.07) is 66.6. The first-order chi connectivity index (χ1) is 56.4. The van der Waals surface area contributed by atoms with Gasteiger partial charge in [0.15, 0.2) is 0 Å². The fourth-order valence-electron chi connectivity index (χ4n) is 13.4. The Balaban J connectivity index is 0.000000188. The summed E-state index contributed by atoms with van der Waals surface area (Å²) in [6.45, 7) is 22.5. The SMILES string of the molecule is CC1(C)OB(B2OC(C)(C)C(C)(C)O2)OC1(C)C.COc1ccc2[nH]c3ccc(C)cc3c2c1.COc1ccc2c(c1)c1cc(C)ccc1n2-c1ccc(C#N)cc1-c1cc(C#N)ccc1-n1c2ccc(C)cc2c2cc(OC)ccc21.N#Cc1ccc(F)c(-c2cc(C(F)(F)F)ccc2F)c1.N#Cc1ccc(F)c(Br)c1.O=[P+]([O-])O[O-].[K+].[K][K]. The number of aromatic nitrogens is 3. The topological polar surface area (TPSA) is 258 Å². The summed E-state index contributed by atoms with van der Waals surface area (Å²) >= 11 is 5.46. The van der Waals surface area contributed by atoms with Crippen LogP contribution in [0.5, 0.6) is 17.2 Å². The zero-order valence-electron chi connectivity index (χ0n) is 69.0. The predicted octanol–water partition coefficient (Wildman–Crippen LogP) is 17.3. The molecule has 2 saturated heterocycles. The minimum atomic E-state index is -4.66. The van der Waals surface area contributed by atoms with Crippen molar-refractivity contribution < 1.29 is 130 Å². The molecule has 0 aliphatic carbocycles. The summed E-state index contributed by atoms with van der Waals surface area (Å²) in [5, 5.41) is 52.7. The predicted molar refractivity (Wildman–Crippen MR) is 452 cm³/mol. The van der Waals surface area contributed by atoms with Gasteiger partial charge in [-0.3, -0.25) is 0 Å². The number of halogens is 7. The first kappa shape index (κ1) is 96.9. The zero-order valence-corrected chi connectivity index (χ0v) is 80.8. The van der Waals surface area contributed by atoms with Crippen molar-refractivity contribution in [2.24, 2.45) is 0 Å². The Bertz CT molecular complexity index is 6130. The third-order valence-corrected chi connectivity index (χ3v) is 21.5. The quantitative estimate of drug-likeness (QED) is 0.0463. The molecule has 2 aliphatic rings. The summed E-state index contributed by atoms with van der Waals surface area (Å²) < 4.78 is 134. The molecule has 3 aromatic heterocycles. The van der Waals surface area contributed by atoms with Crippen LogP contribution in [-0.2, 0) is 34.0 Å². The molecule has 0 amide bonds. The van der Waals surface area contributed by atoms with Crippen LogP contribution in [-0.4, -0.2) is 135 Å². The Kier molecular flexibility index (Phi) is 33.3. The molecule has 120 heavy (non-hydrogen) atoms. The van der Waals surface area contributed by atoms with E-state index >= 15 is 0 Å². The monoisotopic (exact) mass is 1780 g/mol. The fourth-order valence-corrected chi connectivity index (χ4v) is 13.8. The number of rotatable bonds is 9. The van der Waals surface area contributed by atoms with Gasteiger partial charge in [-0.1, -0.05) is 34.9 Å². The number of ether oxygens (including phenoxy) is 3.